The number of hydrogen-bond acceptors (Lipinski definition) is 3. The summed E-state index contributed by atoms with van der Waals surface area (Å²) in [5, 5.41) is 2.98. The highest BCUT2D eigenvalue weighted by atomic mass is 32.2. The van der Waals surface area contributed by atoms with Gasteiger partial charge in [0.1, 0.15) is 0 Å². The Hall–Kier alpha value is -0.660. The van der Waals surface area contributed by atoms with Gasteiger partial charge in [-0.3, -0.25) is 9.35 Å². The number of nitrogens with zero attached hydrogens (tertiary/aromatic N) is 1. The quantitative estimate of drug-likeness (QED) is 0.206. The summed E-state index contributed by atoms with van der Waals surface area (Å²) in [6.45, 7) is 4.45. The zero-order valence-corrected chi connectivity index (χ0v) is 18.7. The molecular weight excluding hydrogens is 364 g/mol. The molecule has 162 valence electrons. The highest BCUT2D eigenvalue weighted by molar-refractivity contribution is 7.85. The first-order valence-electron chi connectivity index (χ1n) is 10.7. The van der Waals surface area contributed by atoms with E-state index in [1.54, 1.807) is 0 Å². The van der Waals surface area contributed by atoms with Crippen LogP contribution in [0.25, 0.3) is 0 Å². The lowest BCUT2D eigenvalue weighted by Gasteiger charge is -2.29. The van der Waals surface area contributed by atoms with Crippen LogP contribution in [-0.4, -0.2) is 62.8 Å². The number of hydrogen-bond donors (Lipinski definition) is 2. The normalized spacial score (nSPS) is 12.3. The Balaban J connectivity index is 3.54. The lowest BCUT2D eigenvalue weighted by molar-refractivity contribution is -0.890. The molecule has 0 unspecified atom stereocenters. The molecule has 0 atom stereocenters. The molecule has 0 heterocycles. The van der Waals surface area contributed by atoms with Crippen LogP contribution in [0.1, 0.15) is 84.0 Å². The van der Waals surface area contributed by atoms with Gasteiger partial charge in [-0.1, -0.05) is 58.3 Å². The van der Waals surface area contributed by atoms with Crippen LogP contribution in [0.2, 0.25) is 0 Å². The average Bonchev–Trinajstić information content (AvgIpc) is 2.56. The van der Waals surface area contributed by atoms with E-state index >= 15 is 0 Å². The van der Waals surface area contributed by atoms with Crippen molar-refractivity contribution in [1.82, 2.24) is 5.32 Å². The molecule has 0 aliphatic carbocycles. The fourth-order valence-corrected chi connectivity index (χ4v) is 3.70. The molecule has 0 aromatic carbocycles. The first-order chi connectivity index (χ1) is 12.7. The predicted molar refractivity (Wildman–Crippen MR) is 112 cm³/mol. The summed E-state index contributed by atoms with van der Waals surface area (Å²) < 4.78 is 31.0. The topological polar surface area (TPSA) is 83.5 Å². The number of nitrogens with one attached hydrogen (secondary N) is 1. The minimum absolute atomic E-state index is 0.134. The van der Waals surface area contributed by atoms with E-state index in [4.69, 9.17) is 4.55 Å². The van der Waals surface area contributed by atoms with Crippen molar-refractivity contribution in [2.24, 2.45) is 0 Å². The van der Waals surface area contributed by atoms with Crippen molar-refractivity contribution < 1.29 is 22.2 Å². The summed E-state index contributed by atoms with van der Waals surface area (Å²) in [6, 6.07) is 0. The van der Waals surface area contributed by atoms with Crippen LogP contribution in [0.3, 0.4) is 0 Å². The minimum atomic E-state index is -3.87. The number of quaternary nitrogens is 1. The molecule has 0 aliphatic rings. The first-order valence-corrected chi connectivity index (χ1v) is 12.3. The van der Waals surface area contributed by atoms with Crippen LogP contribution in [0.15, 0.2) is 0 Å². The molecule has 27 heavy (non-hydrogen) atoms. The van der Waals surface area contributed by atoms with Gasteiger partial charge in [0.2, 0.25) is 5.91 Å². The Kier molecular flexibility index (Phi) is 14.9. The van der Waals surface area contributed by atoms with E-state index in [0.29, 0.717) is 30.4 Å². The molecule has 0 rings (SSSR count). The van der Waals surface area contributed by atoms with Gasteiger partial charge < -0.3 is 9.80 Å². The maximum Gasteiger partial charge on any atom is 0.265 e. The molecule has 2 N–H and O–H groups in total. The average molecular weight is 408 g/mol. The number of rotatable bonds is 18. The van der Waals surface area contributed by atoms with Crippen molar-refractivity contribution in [2.45, 2.75) is 84.0 Å². The summed E-state index contributed by atoms with van der Waals surface area (Å²) in [4.78, 5) is 11.8. The molecule has 0 spiro atoms. The lowest BCUT2D eigenvalue weighted by Crippen LogP contribution is -2.43. The maximum atomic E-state index is 11.8. The van der Waals surface area contributed by atoms with Crippen LogP contribution in [0.5, 0.6) is 0 Å². The third kappa shape index (κ3) is 19.9. The van der Waals surface area contributed by atoms with Crippen molar-refractivity contribution in [2.75, 3.05) is 39.5 Å². The largest absolute Gasteiger partial charge is 0.356 e. The molecule has 6 nitrogen and oxygen atoms in total. The first kappa shape index (κ1) is 26.3. The molecule has 0 aromatic heterocycles. The summed E-state index contributed by atoms with van der Waals surface area (Å²) in [6.07, 6.45) is 13.2. The SMILES string of the molecule is CCCCCCCCCCCC(=O)NCCC[N+](C)(C)CCCS(=O)(=O)O. The van der Waals surface area contributed by atoms with Gasteiger partial charge in [-0.15, -0.1) is 0 Å². The van der Waals surface area contributed by atoms with Gasteiger partial charge in [-0.2, -0.15) is 8.42 Å². The summed E-state index contributed by atoms with van der Waals surface area (Å²) in [5.41, 5.74) is 0. The molecule has 0 saturated heterocycles. The van der Waals surface area contributed by atoms with Crippen molar-refractivity contribution >= 4 is 16.0 Å². The van der Waals surface area contributed by atoms with E-state index in [0.717, 1.165) is 25.8 Å². The summed E-state index contributed by atoms with van der Waals surface area (Å²) in [5.74, 6) is -0.0564. The minimum Gasteiger partial charge on any atom is -0.356 e. The summed E-state index contributed by atoms with van der Waals surface area (Å²) in [7, 11) is 0.201. The number of carbonyl (C=O) groups is 1. The molecule has 7 heteroatoms. The number of carbonyl (C=O) groups excluding carboxylic acids is 1. The number of amides is 1. The van der Waals surface area contributed by atoms with E-state index in [-0.39, 0.29) is 11.7 Å². The van der Waals surface area contributed by atoms with Crippen molar-refractivity contribution in [3.63, 3.8) is 0 Å². The van der Waals surface area contributed by atoms with Gasteiger partial charge in [0.05, 0.1) is 32.9 Å². The van der Waals surface area contributed by atoms with Crippen LogP contribution in [0.4, 0.5) is 0 Å². The van der Waals surface area contributed by atoms with Gasteiger partial charge >= 0.3 is 0 Å². The Morgan fingerprint density at radius 3 is 1.93 bits per heavy atom. The highest BCUT2D eigenvalue weighted by Crippen LogP contribution is 2.10. The van der Waals surface area contributed by atoms with Gasteiger partial charge in [0.25, 0.3) is 10.1 Å². The van der Waals surface area contributed by atoms with Crippen LogP contribution >= 0.6 is 0 Å². The van der Waals surface area contributed by atoms with Crippen LogP contribution in [0, 0.1) is 0 Å². The summed E-state index contributed by atoms with van der Waals surface area (Å²) >= 11 is 0. The molecule has 0 fully saturated rings. The van der Waals surface area contributed by atoms with E-state index in [1.165, 1.54) is 44.9 Å². The van der Waals surface area contributed by atoms with Crippen molar-refractivity contribution in [3.8, 4) is 0 Å². The van der Waals surface area contributed by atoms with Crippen molar-refractivity contribution in [1.29, 1.82) is 0 Å². The van der Waals surface area contributed by atoms with E-state index in [2.05, 4.69) is 12.2 Å². The Bertz CT molecular complexity index is 478. The van der Waals surface area contributed by atoms with E-state index < -0.39 is 10.1 Å². The molecule has 1 amide bonds. The zero-order valence-electron chi connectivity index (χ0n) is 17.8. The molecule has 0 radical (unpaired) electrons. The Morgan fingerprint density at radius 1 is 0.852 bits per heavy atom. The van der Waals surface area contributed by atoms with Crippen LogP contribution in [-0.2, 0) is 14.9 Å². The third-order valence-electron chi connectivity index (χ3n) is 4.94. The smallest absolute Gasteiger partial charge is 0.265 e. The van der Waals surface area contributed by atoms with Crippen molar-refractivity contribution in [3.05, 3.63) is 0 Å². The van der Waals surface area contributed by atoms with Gasteiger partial charge in [-0.25, -0.2) is 0 Å². The van der Waals surface area contributed by atoms with E-state index in [9.17, 15) is 13.2 Å². The lowest BCUT2D eigenvalue weighted by atomic mass is 10.1. The van der Waals surface area contributed by atoms with Gasteiger partial charge in [-0.05, 0) is 6.42 Å². The second-order valence-electron chi connectivity index (χ2n) is 8.30. The molecule has 0 aromatic rings. The zero-order chi connectivity index (χ0) is 20.6. The highest BCUT2D eigenvalue weighted by Gasteiger charge is 2.16. The second kappa shape index (κ2) is 15.3. The second-order valence-corrected chi connectivity index (χ2v) is 9.88. The predicted octanol–water partition coefficient (Wildman–Crippen LogP) is 3.77. The Morgan fingerprint density at radius 2 is 1.37 bits per heavy atom. The van der Waals surface area contributed by atoms with Gasteiger partial charge in [0, 0.05) is 25.8 Å². The third-order valence-corrected chi connectivity index (χ3v) is 5.74. The molecule has 0 saturated carbocycles. The maximum absolute atomic E-state index is 11.8. The van der Waals surface area contributed by atoms with E-state index in [1.807, 2.05) is 14.1 Å². The fourth-order valence-electron chi connectivity index (χ4n) is 3.21. The standard InChI is InChI=1S/C20H42N2O4S/c1-4-5-6-7-8-9-10-11-12-15-20(23)21-16-13-17-22(2,3)18-14-19-27(24,25)26/h4-19H2,1-3H3,(H-,21,23,24,25,26)/p+1. The fraction of sp³-hybridized carbons (Fsp3) is 0.950. The van der Waals surface area contributed by atoms with Gasteiger partial charge in [0.15, 0.2) is 0 Å². The molecule has 0 bridgehead atoms. The number of unbranched alkanes of at least 4 members (excludes halogenated alkanes) is 8. The molecular formula is C20H43N2O4S+. The Labute approximate surface area is 167 Å². The monoisotopic (exact) mass is 407 g/mol. The van der Waals surface area contributed by atoms with Crippen LogP contribution < -0.4 is 5.32 Å². The molecule has 0 aliphatic heterocycles.